The Morgan fingerprint density at radius 3 is 2.77 bits per heavy atom. The van der Waals surface area contributed by atoms with Crippen LogP contribution in [0.3, 0.4) is 0 Å². The highest BCUT2D eigenvalue weighted by Crippen LogP contribution is 2.35. The Bertz CT molecular complexity index is 1030. The minimum absolute atomic E-state index is 0.0463. The summed E-state index contributed by atoms with van der Waals surface area (Å²) in [6, 6.07) is 13.4. The van der Waals surface area contributed by atoms with Crippen molar-refractivity contribution in [2.75, 3.05) is 40.3 Å². The maximum atomic E-state index is 13.1. The van der Waals surface area contributed by atoms with E-state index in [1.54, 1.807) is 11.3 Å². The van der Waals surface area contributed by atoms with Gasteiger partial charge < -0.3 is 14.5 Å². The molecule has 1 aromatic heterocycles. The third-order valence-electron chi connectivity index (χ3n) is 5.41. The van der Waals surface area contributed by atoms with Crippen molar-refractivity contribution < 1.29 is 9.53 Å². The first kappa shape index (κ1) is 21.1. The van der Waals surface area contributed by atoms with Gasteiger partial charge in [-0.3, -0.25) is 4.79 Å². The molecule has 1 saturated heterocycles. The number of carbonyl (C=O) groups is 1. The van der Waals surface area contributed by atoms with Crippen molar-refractivity contribution in [3.05, 3.63) is 58.1 Å². The van der Waals surface area contributed by atoms with E-state index < -0.39 is 0 Å². The molecule has 0 atom stereocenters. The molecule has 1 amide bonds. The maximum absolute atomic E-state index is 13.1. The summed E-state index contributed by atoms with van der Waals surface area (Å²) < 4.78 is 7.05. The highest BCUT2D eigenvalue weighted by Gasteiger charge is 2.27. The monoisotopic (exact) mass is 443 g/mol. The molecular weight excluding hydrogens is 418 g/mol. The van der Waals surface area contributed by atoms with Gasteiger partial charge >= 0.3 is 0 Å². The van der Waals surface area contributed by atoms with E-state index in [1.165, 1.54) is 0 Å². The maximum Gasteiger partial charge on any atom is 0.257 e. The lowest BCUT2D eigenvalue weighted by molar-refractivity contribution is 0.0708. The van der Waals surface area contributed by atoms with Gasteiger partial charge in [-0.25, -0.2) is 4.98 Å². The molecule has 0 N–H and O–H groups in total. The van der Waals surface area contributed by atoms with E-state index in [-0.39, 0.29) is 5.91 Å². The number of likely N-dealkylation sites (N-methyl/N-ethyl adjacent to an activating group) is 1. The molecule has 0 saturated carbocycles. The predicted molar refractivity (Wildman–Crippen MR) is 123 cm³/mol. The van der Waals surface area contributed by atoms with E-state index in [2.05, 4.69) is 4.90 Å². The number of rotatable bonds is 6. The van der Waals surface area contributed by atoms with E-state index in [0.717, 1.165) is 47.7 Å². The van der Waals surface area contributed by atoms with Crippen LogP contribution in [-0.2, 0) is 0 Å². The average Bonchev–Trinajstić information content (AvgIpc) is 3.17. The minimum Gasteiger partial charge on any atom is -0.491 e. The van der Waals surface area contributed by atoms with Crippen molar-refractivity contribution in [3.63, 3.8) is 0 Å². The summed E-state index contributed by atoms with van der Waals surface area (Å²) in [5.41, 5.74) is 1.61. The molecule has 1 aliphatic rings. The van der Waals surface area contributed by atoms with E-state index in [4.69, 9.17) is 21.3 Å². The summed E-state index contributed by atoms with van der Waals surface area (Å²) in [5, 5.41) is 1.86. The number of para-hydroxylation sites is 1. The Balaban J connectivity index is 1.40. The topological polar surface area (TPSA) is 45.7 Å². The molecule has 2 heterocycles. The molecule has 5 nitrogen and oxygen atoms in total. The van der Waals surface area contributed by atoms with Gasteiger partial charge in [0.05, 0.1) is 20.8 Å². The second-order valence-corrected chi connectivity index (χ2v) is 9.38. The van der Waals surface area contributed by atoms with Crippen molar-refractivity contribution in [1.82, 2.24) is 14.8 Å². The van der Waals surface area contributed by atoms with Gasteiger partial charge in [0.1, 0.15) is 12.4 Å². The van der Waals surface area contributed by atoms with E-state index in [9.17, 15) is 4.79 Å². The van der Waals surface area contributed by atoms with E-state index in [0.29, 0.717) is 28.9 Å². The number of aromatic nitrogens is 1. The number of nitrogens with zero attached hydrogens (tertiary/aromatic N) is 3. The molecule has 0 unspecified atom stereocenters. The number of benzene rings is 2. The summed E-state index contributed by atoms with van der Waals surface area (Å²) in [4.78, 5) is 21.9. The van der Waals surface area contributed by atoms with Crippen LogP contribution >= 0.6 is 22.9 Å². The summed E-state index contributed by atoms with van der Waals surface area (Å²) >= 11 is 7.83. The number of halogens is 1. The second kappa shape index (κ2) is 9.33. The Labute approximate surface area is 186 Å². The summed E-state index contributed by atoms with van der Waals surface area (Å²) in [6.45, 7) is 2.82. The van der Waals surface area contributed by atoms with Crippen LogP contribution in [-0.4, -0.2) is 61.0 Å². The Hall–Kier alpha value is -2.15. The minimum atomic E-state index is 0.0463. The van der Waals surface area contributed by atoms with Crippen LogP contribution in [0.4, 0.5) is 0 Å². The lowest BCUT2D eigenvalue weighted by Gasteiger charge is -2.31. The SMILES string of the molecule is CN(C)CCOc1ccccc1C(=O)N1CCC(c2nc3cc(Cl)ccc3s2)CC1. The standard InChI is InChI=1S/C23H26ClN3O2S/c1-26(2)13-14-29-20-6-4-3-5-18(20)23(28)27-11-9-16(10-12-27)22-25-19-15-17(24)7-8-21(19)30-22/h3-8,15-16H,9-14H2,1-2H3. The number of hydrogen-bond acceptors (Lipinski definition) is 5. The van der Waals surface area contributed by atoms with Gasteiger partial charge in [-0.15, -0.1) is 11.3 Å². The molecule has 1 fully saturated rings. The molecule has 158 valence electrons. The molecule has 2 aromatic carbocycles. The molecule has 0 spiro atoms. The quantitative estimate of drug-likeness (QED) is 0.543. The third kappa shape index (κ3) is 4.77. The number of likely N-dealkylation sites (tertiary alicyclic amines) is 1. The van der Waals surface area contributed by atoms with Gasteiger partial charge in [-0.1, -0.05) is 23.7 Å². The van der Waals surface area contributed by atoms with Gasteiger partial charge in [-0.05, 0) is 57.3 Å². The Morgan fingerprint density at radius 2 is 2.00 bits per heavy atom. The van der Waals surface area contributed by atoms with Crippen LogP contribution in [0.5, 0.6) is 5.75 Å². The molecule has 3 aromatic rings. The molecule has 30 heavy (non-hydrogen) atoms. The molecular formula is C23H26ClN3O2S. The summed E-state index contributed by atoms with van der Waals surface area (Å²) in [5.74, 6) is 1.09. The summed E-state index contributed by atoms with van der Waals surface area (Å²) in [7, 11) is 4.01. The first-order chi connectivity index (χ1) is 14.5. The van der Waals surface area contributed by atoms with E-state index in [1.807, 2.05) is 61.5 Å². The smallest absolute Gasteiger partial charge is 0.257 e. The van der Waals surface area contributed by atoms with Crippen molar-refractivity contribution in [2.24, 2.45) is 0 Å². The van der Waals surface area contributed by atoms with Gasteiger partial charge in [0.2, 0.25) is 0 Å². The zero-order chi connectivity index (χ0) is 21.1. The predicted octanol–water partition coefficient (Wildman–Crippen LogP) is 4.91. The highest BCUT2D eigenvalue weighted by atomic mass is 35.5. The second-order valence-electron chi connectivity index (χ2n) is 7.88. The average molecular weight is 444 g/mol. The zero-order valence-electron chi connectivity index (χ0n) is 17.3. The van der Waals surface area contributed by atoms with Crippen LogP contribution in [0.1, 0.15) is 34.1 Å². The zero-order valence-corrected chi connectivity index (χ0v) is 18.9. The molecule has 1 aliphatic heterocycles. The normalized spacial score (nSPS) is 15.1. The van der Waals surface area contributed by atoms with Crippen LogP contribution in [0.15, 0.2) is 42.5 Å². The first-order valence-electron chi connectivity index (χ1n) is 10.2. The number of piperidine rings is 1. The largest absolute Gasteiger partial charge is 0.491 e. The fourth-order valence-corrected chi connectivity index (χ4v) is 4.98. The van der Waals surface area contributed by atoms with Crippen LogP contribution < -0.4 is 4.74 Å². The summed E-state index contributed by atoms with van der Waals surface area (Å²) in [6.07, 6.45) is 1.84. The number of amides is 1. The fraction of sp³-hybridized carbons (Fsp3) is 0.391. The van der Waals surface area contributed by atoms with Crippen molar-refractivity contribution >= 4 is 39.1 Å². The third-order valence-corrected chi connectivity index (χ3v) is 6.85. The molecule has 0 aliphatic carbocycles. The molecule has 0 radical (unpaired) electrons. The highest BCUT2D eigenvalue weighted by molar-refractivity contribution is 7.18. The number of thiazole rings is 1. The number of hydrogen-bond donors (Lipinski definition) is 0. The molecule has 4 rings (SSSR count). The van der Waals surface area contributed by atoms with Crippen LogP contribution in [0, 0.1) is 0 Å². The van der Waals surface area contributed by atoms with Gasteiger partial charge in [-0.2, -0.15) is 0 Å². The van der Waals surface area contributed by atoms with Crippen molar-refractivity contribution in [1.29, 1.82) is 0 Å². The number of ether oxygens (including phenoxy) is 1. The van der Waals surface area contributed by atoms with Crippen LogP contribution in [0.25, 0.3) is 10.2 Å². The van der Waals surface area contributed by atoms with Crippen molar-refractivity contribution in [2.45, 2.75) is 18.8 Å². The van der Waals surface area contributed by atoms with Crippen LogP contribution in [0.2, 0.25) is 5.02 Å². The van der Waals surface area contributed by atoms with Gasteiger partial charge in [0.25, 0.3) is 5.91 Å². The molecule has 7 heteroatoms. The fourth-order valence-electron chi connectivity index (χ4n) is 3.70. The lowest BCUT2D eigenvalue weighted by atomic mass is 9.97. The number of carbonyl (C=O) groups excluding carboxylic acids is 1. The Kier molecular flexibility index (Phi) is 6.56. The molecule has 0 bridgehead atoms. The lowest BCUT2D eigenvalue weighted by Crippen LogP contribution is -2.38. The first-order valence-corrected chi connectivity index (χ1v) is 11.4. The van der Waals surface area contributed by atoms with Gasteiger partial charge in [0.15, 0.2) is 0 Å². The number of fused-ring (bicyclic) bond motifs is 1. The Morgan fingerprint density at radius 1 is 1.23 bits per heavy atom. The van der Waals surface area contributed by atoms with E-state index >= 15 is 0 Å². The van der Waals surface area contributed by atoms with Crippen molar-refractivity contribution in [3.8, 4) is 5.75 Å². The van der Waals surface area contributed by atoms with Gasteiger partial charge in [0, 0.05) is 30.6 Å².